The standard InChI is InChI=1S/C20H20F3N5OS2/c21-20(22,23)15-4-1-3-14(11-15)12-26-6-8-27(9-7-26)17(29)13-28-18(24-25-19(28)30)16-5-2-10-31-16/h1-5,10-11H,6-9,12-13H2,(H,25,30). The van der Waals surface area contributed by atoms with Gasteiger partial charge >= 0.3 is 6.18 Å². The Morgan fingerprint density at radius 3 is 2.61 bits per heavy atom. The van der Waals surface area contributed by atoms with Crippen molar-refractivity contribution in [2.75, 3.05) is 26.2 Å². The van der Waals surface area contributed by atoms with Gasteiger partial charge in [-0.2, -0.15) is 18.3 Å². The maximum Gasteiger partial charge on any atom is 0.416 e. The molecule has 0 bridgehead atoms. The smallest absolute Gasteiger partial charge is 0.339 e. The summed E-state index contributed by atoms with van der Waals surface area (Å²) in [5.74, 6) is 0.575. The topological polar surface area (TPSA) is 57.2 Å². The number of amides is 1. The Morgan fingerprint density at radius 2 is 1.94 bits per heavy atom. The number of carbonyl (C=O) groups is 1. The van der Waals surface area contributed by atoms with Gasteiger partial charge in [-0.3, -0.25) is 19.4 Å². The number of rotatable bonds is 5. The minimum absolute atomic E-state index is 0.0611. The van der Waals surface area contributed by atoms with Gasteiger partial charge in [-0.25, -0.2) is 0 Å². The number of nitrogens with one attached hydrogen (secondary N) is 1. The van der Waals surface area contributed by atoms with Gasteiger partial charge in [0.05, 0.1) is 10.4 Å². The highest BCUT2D eigenvalue weighted by atomic mass is 32.1. The molecule has 0 atom stereocenters. The Bertz CT molecular complexity index is 1100. The number of halogens is 3. The van der Waals surface area contributed by atoms with Crippen LogP contribution >= 0.6 is 23.6 Å². The molecule has 6 nitrogen and oxygen atoms in total. The number of hydrogen-bond acceptors (Lipinski definition) is 5. The Morgan fingerprint density at radius 1 is 1.16 bits per heavy atom. The fourth-order valence-electron chi connectivity index (χ4n) is 3.55. The monoisotopic (exact) mass is 467 g/mol. The van der Waals surface area contributed by atoms with Gasteiger partial charge in [-0.05, 0) is 35.3 Å². The van der Waals surface area contributed by atoms with Crippen molar-refractivity contribution in [3.63, 3.8) is 0 Å². The highest BCUT2D eigenvalue weighted by Gasteiger charge is 2.30. The normalized spacial score (nSPS) is 15.4. The van der Waals surface area contributed by atoms with Crippen molar-refractivity contribution >= 4 is 29.5 Å². The molecule has 2 aromatic heterocycles. The van der Waals surface area contributed by atoms with Gasteiger partial charge < -0.3 is 4.90 Å². The van der Waals surface area contributed by atoms with Gasteiger partial charge in [0.15, 0.2) is 10.6 Å². The van der Waals surface area contributed by atoms with E-state index in [-0.39, 0.29) is 12.5 Å². The van der Waals surface area contributed by atoms with Crippen molar-refractivity contribution in [1.29, 1.82) is 0 Å². The number of H-pyrrole nitrogens is 1. The van der Waals surface area contributed by atoms with Crippen LogP contribution in [0.1, 0.15) is 11.1 Å². The van der Waals surface area contributed by atoms with E-state index in [2.05, 4.69) is 15.1 Å². The fraction of sp³-hybridized carbons (Fsp3) is 0.350. The first kappa shape index (κ1) is 21.7. The number of alkyl halides is 3. The molecule has 1 N–H and O–H groups in total. The molecule has 31 heavy (non-hydrogen) atoms. The lowest BCUT2D eigenvalue weighted by Gasteiger charge is -2.35. The maximum atomic E-state index is 12.9. The van der Waals surface area contributed by atoms with Gasteiger partial charge in [0, 0.05) is 32.7 Å². The Hall–Kier alpha value is -2.50. The zero-order valence-corrected chi connectivity index (χ0v) is 18.1. The molecule has 4 rings (SSSR count). The predicted molar refractivity (Wildman–Crippen MR) is 114 cm³/mol. The maximum absolute atomic E-state index is 12.9. The molecule has 1 saturated heterocycles. The largest absolute Gasteiger partial charge is 0.416 e. The third-order valence-corrected chi connectivity index (χ3v) is 6.36. The van der Waals surface area contributed by atoms with E-state index in [0.717, 1.165) is 10.9 Å². The minimum Gasteiger partial charge on any atom is -0.339 e. The molecule has 0 spiro atoms. The quantitative estimate of drug-likeness (QED) is 0.576. The Kier molecular flexibility index (Phi) is 6.26. The van der Waals surface area contributed by atoms with Crippen LogP contribution in [-0.4, -0.2) is 56.7 Å². The highest BCUT2D eigenvalue weighted by Crippen LogP contribution is 2.30. The van der Waals surface area contributed by atoms with Crippen LogP contribution in [0.2, 0.25) is 0 Å². The van der Waals surface area contributed by atoms with Crippen LogP contribution in [0.15, 0.2) is 41.8 Å². The van der Waals surface area contributed by atoms with Gasteiger partial charge in [-0.15, -0.1) is 11.3 Å². The molecule has 0 unspecified atom stereocenters. The fourth-order valence-corrected chi connectivity index (χ4v) is 4.47. The summed E-state index contributed by atoms with van der Waals surface area (Å²) in [5.41, 5.74) is -0.0305. The van der Waals surface area contributed by atoms with E-state index in [4.69, 9.17) is 12.2 Å². The van der Waals surface area contributed by atoms with E-state index in [9.17, 15) is 18.0 Å². The number of nitrogens with zero attached hydrogens (tertiary/aromatic N) is 4. The van der Waals surface area contributed by atoms with Crippen molar-refractivity contribution in [3.8, 4) is 10.7 Å². The lowest BCUT2D eigenvalue weighted by atomic mass is 10.1. The molecular formula is C20H20F3N5OS2. The number of carbonyl (C=O) groups excluding carboxylic acids is 1. The molecule has 1 amide bonds. The lowest BCUT2D eigenvalue weighted by Crippen LogP contribution is -2.49. The third-order valence-electron chi connectivity index (χ3n) is 5.18. The average Bonchev–Trinajstić information content (AvgIpc) is 3.39. The van der Waals surface area contributed by atoms with Crippen LogP contribution in [0.3, 0.4) is 0 Å². The van der Waals surface area contributed by atoms with Crippen LogP contribution in [0, 0.1) is 4.77 Å². The summed E-state index contributed by atoms with van der Waals surface area (Å²) in [6.45, 7) is 2.72. The first-order valence-electron chi connectivity index (χ1n) is 9.66. The van der Waals surface area contributed by atoms with Crippen molar-refractivity contribution in [2.24, 2.45) is 0 Å². The molecule has 0 radical (unpaired) electrons. The number of aromatic amines is 1. The minimum atomic E-state index is -4.35. The molecule has 0 aliphatic carbocycles. The summed E-state index contributed by atoms with van der Waals surface area (Å²) in [4.78, 5) is 17.6. The van der Waals surface area contributed by atoms with E-state index in [0.29, 0.717) is 48.9 Å². The van der Waals surface area contributed by atoms with E-state index in [1.165, 1.54) is 23.5 Å². The van der Waals surface area contributed by atoms with Crippen LogP contribution in [0.5, 0.6) is 0 Å². The Labute approximate surface area is 185 Å². The summed E-state index contributed by atoms with van der Waals surface area (Å²) >= 11 is 6.80. The van der Waals surface area contributed by atoms with Crippen LogP contribution in [0.25, 0.3) is 10.7 Å². The second kappa shape index (κ2) is 8.93. The first-order chi connectivity index (χ1) is 14.8. The van der Waals surface area contributed by atoms with Gasteiger partial charge in [0.25, 0.3) is 0 Å². The molecular weight excluding hydrogens is 447 g/mol. The number of aromatic nitrogens is 3. The number of thiophene rings is 1. The molecule has 164 valence electrons. The molecule has 1 aliphatic heterocycles. The molecule has 1 fully saturated rings. The molecule has 11 heteroatoms. The molecule has 1 aromatic carbocycles. The predicted octanol–water partition coefficient (Wildman–Crippen LogP) is 4.03. The van der Waals surface area contributed by atoms with Gasteiger partial charge in [0.1, 0.15) is 6.54 Å². The lowest BCUT2D eigenvalue weighted by molar-refractivity contribution is -0.137. The van der Waals surface area contributed by atoms with Crippen LogP contribution in [0.4, 0.5) is 13.2 Å². The third kappa shape index (κ3) is 5.05. The van der Waals surface area contributed by atoms with E-state index >= 15 is 0 Å². The number of hydrogen-bond donors (Lipinski definition) is 1. The van der Waals surface area contributed by atoms with E-state index in [1.54, 1.807) is 15.5 Å². The van der Waals surface area contributed by atoms with Crippen molar-refractivity contribution in [1.82, 2.24) is 24.6 Å². The second-order valence-corrected chi connectivity index (χ2v) is 8.61. The number of piperazine rings is 1. The molecule has 3 heterocycles. The van der Waals surface area contributed by atoms with Crippen LogP contribution < -0.4 is 0 Å². The first-order valence-corrected chi connectivity index (χ1v) is 11.0. The zero-order valence-electron chi connectivity index (χ0n) is 16.4. The second-order valence-electron chi connectivity index (χ2n) is 7.27. The van der Waals surface area contributed by atoms with Crippen molar-refractivity contribution in [2.45, 2.75) is 19.3 Å². The number of benzene rings is 1. The van der Waals surface area contributed by atoms with Gasteiger partial charge in [-0.1, -0.05) is 24.3 Å². The molecule has 3 aromatic rings. The van der Waals surface area contributed by atoms with Crippen molar-refractivity contribution < 1.29 is 18.0 Å². The van der Waals surface area contributed by atoms with Gasteiger partial charge in [0.2, 0.25) is 5.91 Å². The van der Waals surface area contributed by atoms with Crippen molar-refractivity contribution in [3.05, 3.63) is 57.7 Å². The van der Waals surface area contributed by atoms with E-state index < -0.39 is 11.7 Å². The highest BCUT2D eigenvalue weighted by molar-refractivity contribution is 7.71. The SMILES string of the molecule is O=C(Cn1c(-c2cccs2)n[nH]c1=S)N1CCN(Cc2cccc(C(F)(F)F)c2)CC1. The zero-order chi connectivity index (χ0) is 22.0. The molecule has 1 aliphatic rings. The van der Waals surface area contributed by atoms with Crippen LogP contribution in [-0.2, 0) is 24.1 Å². The summed E-state index contributed by atoms with van der Waals surface area (Å²) < 4.78 is 40.8. The Balaban J connectivity index is 1.35. The summed E-state index contributed by atoms with van der Waals surface area (Å²) in [6.07, 6.45) is -4.35. The molecule has 0 saturated carbocycles. The summed E-state index contributed by atoms with van der Waals surface area (Å²) in [6, 6.07) is 9.21. The summed E-state index contributed by atoms with van der Waals surface area (Å²) in [7, 11) is 0. The van der Waals surface area contributed by atoms with E-state index in [1.807, 2.05) is 17.5 Å². The summed E-state index contributed by atoms with van der Waals surface area (Å²) in [5, 5.41) is 8.92. The average molecular weight is 468 g/mol.